The van der Waals surface area contributed by atoms with E-state index < -0.39 is 12.0 Å². The molecule has 37 heavy (non-hydrogen) atoms. The molecule has 0 saturated carbocycles. The molecule has 0 unspecified atom stereocenters. The highest BCUT2D eigenvalue weighted by Crippen LogP contribution is 2.33. The zero-order valence-electron chi connectivity index (χ0n) is 20.5. The van der Waals surface area contributed by atoms with Crippen molar-refractivity contribution < 1.29 is 24.1 Å². The fraction of sp³-hybridized carbons (Fsp3) is 0.222. The summed E-state index contributed by atoms with van der Waals surface area (Å²) in [6.07, 6.45) is 3.38. The van der Waals surface area contributed by atoms with Gasteiger partial charge >= 0.3 is 5.97 Å². The second-order valence-corrected chi connectivity index (χ2v) is 10.2. The van der Waals surface area contributed by atoms with Crippen LogP contribution in [0.2, 0.25) is 0 Å². The lowest BCUT2D eigenvalue weighted by Gasteiger charge is -2.24. The number of rotatable bonds is 8. The number of hydrogen-bond acceptors (Lipinski definition) is 8. The van der Waals surface area contributed by atoms with Crippen LogP contribution >= 0.6 is 33.9 Å². The molecule has 0 saturated heterocycles. The van der Waals surface area contributed by atoms with Crippen LogP contribution in [0.25, 0.3) is 6.08 Å². The summed E-state index contributed by atoms with van der Waals surface area (Å²) in [4.78, 5) is 31.8. The Hall–Kier alpha value is -3.38. The number of aromatic hydroxyl groups is 1. The number of nitrogens with zero attached hydrogens (tertiary/aromatic N) is 2. The third-order valence-corrected chi connectivity index (χ3v) is 7.45. The monoisotopic (exact) mass is 632 g/mol. The van der Waals surface area contributed by atoms with E-state index in [0.717, 1.165) is 5.56 Å². The van der Waals surface area contributed by atoms with Gasteiger partial charge in [-0.25, -0.2) is 9.79 Å². The number of carbonyl (C=O) groups excluding carboxylic acids is 1. The molecule has 1 aliphatic rings. The van der Waals surface area contributed by atoms with Gasteiger partial charge in [0.1, 0.15) is 12.4 Å². The van der Waals surface area contributed by atoms with E-state index in [9.17, 15) is 14.7 Å². The summed E-state index contributed by atoms with van der Waals surface area (Å²) in [5, 5.41) is 10.2. The van der Waals surface area contributed by atoms with Crippen LogP contribution in [0.15, 0.2) is 70.1 Å². The first-order valence-electron chi connectivity index (χ1n) is 11.4. The highest BCUT2D eigenvalue weighted by molar-refractivity contribution is 14.1. The van der Waals surface area contributed by atoms with Crippen LogP contribution in [-0.4, -0.2) is 36.0 Å². The largest absolute Gasteiger partial charge is 0.504 e. The Bertz CT molecular complexity index is 1570. The van der Waals surface area contributed by atoms with E-state index in [1.165, 1.54) is 23.0 Å². The summed E-state index contributed by atoms with van der Waals surface area (Å²) in [6, 6.07) is 9.92. The van der Waals surface area contributed by atoms with Crippen molar-refractivity contribution in [3.8, 4) is 17.2 Å². The van der Waals surface area contributed by atoms with Gasteiger partial charge in [0.2, 0.25) is 0 Å². The number of halogens is 1. The summed E-state index contributed by atoms with van der Waals surface area (Å²) < 4.78 is 18.7. The predicted molar refractivity (Wildman–Crippen MR) is 150 cm³/mol. The molecule has 8 nitrogen and oxygen atoms in total. The van der Waals surface area contributed by atoms with Gasteiger partial charge in [-0.2, -0.15) is 0 Å². The van der Waals surface area contributed by atoms with Gasteiger partial charge in [-0.05, 0) is 77.9 Å². The number of benzene rings is 2. The average Bonchev–Trinajstić information content (AvgIpc) is 3.18. The van der Waals surface area contributed by atoms with Gasteiger partial charge < -0.3 is 19.3 Å². The predicted octanol–water partition coefficient (Wildman–Crippen LogP) is 3.68. The molecule has 2 aromatic carbocycles. The zero-order valence-corrected chi connectivity index (χ0v) is 23.5. The van der Waals surface area contributed by atoms with Crippen molar-refractivity contribution in [1.82, 2.24) is 4.57 Å². The third kappa shape index (κ3) is 5.35. The molecule has 0 fully saturated rings. The Morgan fingerprint density at radius 3 is 2.68 bits per heavy atom. The first kappa shape index (κ1) is 26.7. The first-order chi connectivity index (χ1) is 17.8. The number of aromatic nitrogens is 1. The van der Waals surface area contributed by atoms with Gasteiger partial charge in [-0.3, -0.25) is 9.36 Å². The van der Waals surface area contributed by atoms with Crippen LogP contribution in [0.5, 0.6) is 17.2 Å². The van der Waals surface area contributed by atoms with Crippen LogP contribution in [0, 0.1) is 3.57 Å². The maximum absolute atomic E-state index is 13.7. The number of ether oxygens (including phenoxy) is 3. The minimum Gasteiger partial charge on any atom is -0.504 e. The number of carbonyl (C=O) groups is 1. The van der Waals surface area contributed by atoms with Crippen LogP contribution in [0.3, 0.4) is 0 Å². The van der Waals surface area contributed by atoms with Crippen molar-refractivity contribution in [1.29, 1.82) is 0 Å². The normalized spacial score (nSPS) is 15.1. The molecule has 1 atom stereocenters. The molecule has 2 heterocycles. The number of hydrogen-bond donors (Lipinski definition) is 1. The van der Waals surface area contributed by atoms with Crippen LogP contribution in [-0.2, 0) is 9.53 Å². The Labute approximate surface area is 231 Å². The van der Waals surface area contributed by atoms with Gasteiger partial charge in [0.25, 0.3) is 5.56 Å². The van der Waals surface area contributed by atoms with E-state index in [1.807, 2.05) is 34.7 Å². The van der Waals surface area contributed by atoms with E-state index in [4.69, 9.17) is 14.2 Å². The van der Waals surface area contributed by atoms with E-state index in [1.54, 1.807) is 50.3 Å². The minimum absolute atomic E-state index is 0.0388. The highest BCUT2D eigenvalue weighted by Gasteiger charge is 2.33. The summed E-state index contributed by atoms with van der Waals surface area (Å²) in [5.74, 6) is 0.470. The molecule has 1 aromatic heterocycles. The Morgan fingerprint density at radius 1 is 1.30 bits per heavy atom. The number of methoxy groups -OCH3 is 1. The first-order valence-corrected chi connectivity index (χ1v) is 13.3. The maximum Gasteiger partial charge on any atom is 0.338 e. The summed E-state index contributed by atoms with van der Waals surface area (Å²) in [5.41, 5.74) is 1.91. The van der Waals surface area contributed by atoms with Crippen molar-refractivity contribution in [3.63, 3.8) is 0 Å². The Balaban J connectivity index is 1.90. The summed E-state index contributed by atoms with van der Waals surface area (Å²) >= 11 is 3.23. The van der Waals surface area contributed by atoms with Crippen molar-refractivity contribution in [2.75, 3.05) is 20.3 Å². The molecule has 0 spiro atoms. The lowest BCUT2D eigenvalue weighted by molar-refractivity contribution is -0.139. The van der Waals surface area contributed by atoms with Crippen molar-refractivity contribution in [2.45, 2.75) is 19.9 Å². The molecule has 0 amide bonds. The standard InChI is InChI=1S/C27H25IN2O6S/c1-5-11-36-18-9-7-17(8-10-18)23-22(26(33)35-6-2)15(3)29-27-30(23)25(32)21(37-27)14-16-12-19(28)24(31)20(13-16)34-4/h5,7-10,12-14,23,31H,1,6,11H2,2-4H3/t23-/m0/s1. The minimum atomic E-state index is -0.722. The molecular weight excluding hydrogens is 607 g/mol. The van der Waals surface area contributed by atoms with Gasteiger partial charge in [-0.15, -0.1) is 0 Å². The van der Waals surface area contributed by atoms with Crippen molar-refractivity contribution in [2.24, 2.45) is 4.99 Å². The second kappa shape index (κ2) is 11.3. The molecule has 10 heteroatoms. The summed E-state index contributed by atoms with van der Waals surface area (Å²) in [7, 11) is 1.47. The van der Waals surface area contributed by atoms with Gasteiger partial charge in [0.15, 0.2) is 16.3 Å². The van der Waals surface area contributed by atoms with E-state index in [0.29, 0.717) is 47.8 Å². The molecule has 0 bridgehead atoms. The number of phenolic OH excluding ortho intramolecular Hbond substituents is 1. The number of thiazole rings is 1. The van der Waals surface area contributed by atoms with E-state index >= 15 is 0 Å². The van der Waals surface area contributed by atoms with Crippen LogP contribution < -0.4 is 24.4 Å². The average molecular weight is 632 g/mol. The Morgan fingerprint density at radius 2 is 2.03 bits per heavy atom. The summed E-state index contributed by atoms with van der Waals surface area (Å²) in [6.45, 7) is 7.69. The molecule has 3 aromatic rings. The molecule has 1 N–H and O–H groups in total. The van der Waals surface area contributed by atoms with Crippen molar-refractivity contribution in [3.05, 3.63) is 94.7 Å². The smallest absolute Gasteiger partial charge is 0.338 e. The molecule has 1 aliphatic heterocycles. The molecule has 0 radical (unpaired) electrons. The molecule has 0 aliphatic carbocycles. The van der Waals surface area contributed by atoms with E-state index in [2.05, 4.69) is 11.6 Å². The van der Waals surface area contributed by atoms with E-state index in [-0.39, 0.29) is 17.9 Å². The fourth-order valence-electron chi connectivity index (χ4n) is 3.99. The lowest BCUT2D eigenvalue weighted by atomic mass is 9.96. The fourth-order valence-corrected chi connectivity index (χ4v) is 5.66. The highest BCUT2D eigenvalue weighted by atomic mass is 127. The number of fused-ring (bicyclic) bond motifs is 1. The number of esters is 1. The zero-order chi connectivity index (χ0) is 26.7. The SMILES string of the molecule is C=CCOc1ccc([C@H]2C(C(=O)OCC)=C(C)N=c3sc(=Cc4cc(I)c(O)c(OC)c4)c(=O)n32)cc1. The molecular formula is C27H25IN2O6S. The lowest BCUT2D eigenvalue weighted by Crippen LogP contribution is -2.39. The maximum atomic E-state index is 13.7. The van der Waals surface area contributed by atoms with Crippen LogP contribution in [0.4, 0.5) is 0 Å². The number of allylic oxidation sites excluding steroid dienone is 1. The quantitative estimate of drug-likeness (QED) is 0.231. The number of phenols is 1. The van der Waals surface area contributed by atoms with Gasteiger partial charge in [0.05, 0.1) is 39.1 Å². The third-order valence-electron chi connectivity index (χ3n) is 5.65. The molecule has 4 rings (SSSR count). The molecule has 192 valence electrons. The van der Waals surface area contributed by atoms with Gasteiger partial charge in [0, 0.05) is 0 Å². The van der Waals surface area contributed by atoms with Gasteiger partial charge in [-0.1, -0.05) is 36.1 Å². The van der Waals surface area contributed by atoms with Crippen molar-refractivity contribution >= 4 is 46.0 Å². The van der Waals surface area contributed by atoms with Crippen LogP contribution in [0.1, 0.15) is 31.0 Å². The Kier molecular flexibility index (Phi) is 8.18. The second-order valence-electron chi connectivity index (χ2n) is 8.02. The topological polar surface area (TPSA) is 99.4 Å².